The second-order valence-corrected chi connectivity index (χ2v) is 31.5. The Labute approximate surface area is 579 Å². The van der Waals surface area contributed by atoms with Gasteiger partial charge in [0.1, 0.15) is 146 Å². The molecule has 580 valence electrons. The van der Waals surface area contributed by atoms with Crippen LogP contribution in [0.3, 0.4) is 0 Å². The van der Waals surface area contributed by atoms with Crippen LogP contribution in [0, 0.1) is 45.3 Å². The molecule has 4 aliphatic carbocycles. The van der Waals surface area contributed by atoms with E-state index in [0.29, 0.717) is 32.1 Å². The summed E-state index contributed by atoms with van der Waals surface area (Å²) in [5, 5.41) is 239. The zero-order chi connectivity index (χ0) is 73.5. The van der Waals surface area contributed by atoms with Crippen molar-refractivity contribution >= 4 is 0 Å². The van der Waals surface area contributed by atoms with E-state index in [4.69, 9.17) is 56.8 Å². The normalized spacial score (nSPS) is 52.1. The number of rotatable bonds is 23. The van der Waals surface area contributed by atoms with Crippen molar-refractivity contribution in [3.63, 3.8) is 0 Å². The van der Waals surface area contributed by atoms with Gasteiger partial charge in [0.15, 0.2) is 37.7 Å². The summed E-state index contributed by atoms with van der Waals surface area (Å²) in [5.41, 5.74) is -2.75. The van der Waals surface area contributed by atoms with Crippen LogP contribution in [0.1, 0.15) is 107 Å². The van der Waals surface area contributed by atoms with Crippen LogP contribution in [0.2, 0.25) is 0 Å². The Morgan fingerprint density at radius 2 is 0.870 bits per heavy atom. The average molecular weight is 1450 g/mol. The standard InChI is InChI=1S/C66H112O34/c1-24(25-15-16-64(6)34-12-10-26-27(66(34,8)35(71)17-65(25,64)7)11-14-36(62(26,2)3)97-58-51(85)46(80)41(75)32(95-58)22-89-56-49(83)43(77)38(72)28(18-67)91-56)9-13-37(63(4,5)88)98-61-55(47(81)42(76)33(96-61)23-90-57-50(84)44(78)39(73)29(19-68)92-57)100-60-53(87)48(82)54(31(21-70)94-60)99-59-52(86)45(79)40(74)30(20-69)93-59/h10,24-25,27-61,67-88H,9,11-23H2,1-8H3/t24-,25-,27-,28?,29?,30?,31?,32?,33?,34?,35-,36+,37-,38-,39-,40-,41-,42-,43+,44+,45+,46+,47+,48-,49?,50?,51?,52?,53?,54-,55?,56-,57-,58+,59+,60+,61+,64+,65-,66+/m1/s1. The van der Waals surface area contributed by atoms with Gasteiger partial charge in [-0.25, -0.2) is 0 Å². The molecule has 0 spiro atoms. The molecule has 6 saturated heterocycles. The summed E-state index contributed by atoms with van der Waals surface area (Å²) in [6, 6.07) is 0. The van der Waals surface area contributed by atoms with Crippen LogP contribution in [0.15, 0.2) is 11.6 Å². The van der Waals surface area contributed by atoms with Crippen molar-refractivity contribution in [2.45, 2.75) is 315 Å². The zero-order valence-electron chi connectivity index (χ0n) is 57.6. The first-order valence-electron chi connectivity index (χ1n) is 35.1. The van der Waals surface area contributed by atoms with E-state index in [9.17, 15) is 112 Å². The number of aliphatic hydroxyl groups is 22. The van der Waals surface area contributed by atoms with Crippen LogP contribution >= 0.6 is 0 Å². The number of fused-ring (bicyclic) bond motifs is 5. The van der Waals surface area contributed by atoms with Crippen LogP contribution in [-0.2, 0) is 56.8 Å². The average Bonchev–Trinajstić information content (AvgIpc) is 1.28. The highest BCUT2D eigenvalue weighted by atomic mass is 16.8. The smallest absolute Gasteiger partial charge is 0.187 e. The quantitative estimate of drug-likeness (QED) is 0.0423. The summed E-state index contributed by atoms with van der Waals surface area (Å²) in [6.07, 6.45) is -48.5. The van der Waals surface area contributed by atoms with Crippen molar-refractivity contribution in [3.8, 4) is 0 Å². The Bertz CT molecular complexity index is 2670. The van der Waals surface area contributed by atoms with Crippen LogP contribution in [0.4, 0.5) is 0 Å². The number of hydrogen-bond acceptors (Lipinski definition) is 34. The summed E-state index contributed by atoms with van der Waals surface area (Å²) in [6.45, 7) is 11.3. The fourth-order valence-corrected chi connectivity index (χ4v) is 18.5. The van der Waals surface area contributed by atoms with E-state index in [1.165, 1.54) is 13.8 Å². The molecule has 13 unspecified atom stereocenters. The van der Waals surface area contributed by atoms with Gasteiger partial charge in [0, 0.05) is 10.8 Å². The summed E-state index contributed by atoms with van der Waals surface area (Å²) in [7, 11) is 0. The van der Waals surface area contributed by atoms with Gasteiger partial charge in [0.25, 0.3) is 0 Å². The Morgan fingerprint density at radius 1 is 0.460 bits per heavy atom. The van der Waals surface area contributed by atoms with Gasteiger partial charge in [0.2, 0.25) is 0 Å². The van der Waals surface area contributed by atoms with Crippen LogP contribution in [0.5, 0.6) is 0 Å². The molecule has 40 atom stereocenters. The van der Waals surface area contributed by atoms with E-state index in [1.54, 1.807) is 0 Å². The maximum atomic E-state index is 12.9. The molecule has 0 aromatic rings. The van der Waals surface area contributed by atoms with Gasteiger partial charge < -0.3 is 169 Å². The van der Waals surface area contributed by atoms with Crippen LogP contribution in [0.25, 0.3) is 0 Å². The van der Waals surface area contributed by atoms with Gasteiger partial charge >= 0.3 is 0 Å². The Morgan fingerprint density at radius 3 is 1.37 bits per heavy atom. The Balaban J connectivity index is 0.831. The lowest BCUT2D eigenvalue weighted by atomic mass is 9.38. The van der Waals surface area contributed by atoms with Crippen molar-refractivity contribution in [1.29, 1.82) is 0 Å². The fraction of sp³-hybridized carbons (Fsp3) is 0.970. The summed E-state index contributed by atoms with van der Waals surface area (Å²) < 4.78 is 71.2. The largest absolute Gasteiger partial charge is 0.394 e. The maximum Gasteiger partial charge on any atom is 0.187 e. The molecule has 3 saturated carbocycles. The monoisotopic (exact) mass is 1450 g/mol. The van der Waals surface area contributed by atoms with E-state index in [2.05, 4.69) is 33.8 Å². The third kappa shape index (κ3) is 14.8. The number of ether oxygens (including phenoxy) is 12. The van der Waals surface area contributed by atoms with Gasteiger partial charge in [-0.2, -0.15) is 0 Å². The molecule has 9 fully saturated rings. The summed E-state index contributed by atoms with van der Waals surface area (Å²) >= 11 is 0. The second-order valence-electron chi connectivity index (χ2n) is 31.5. The molecular formula is C66H112O34. The highest BCUT2D eigenvalue weighted by Gasteiger charge is 2.71. The minimum Gasteiger partial charge on any atom is -0.394 e. The molecule has 34 heteroatoms. The first kappa shape index (κ1) is 80.9. The number of hydrogen-bond donors (Lipinski definition) is 22. The molecule has 22 N–H and O–H groups in total. The lowest BCUT2D eigenvalue weighted by molar-refractivity contribution is -0.391. The van der Waals surface area contributed by atoms with Gasteiger partial charge in [-0.15, -0.1) is 0 Å². The van der Waals surface area contributed by atoms with E-state index in [-0.39, 0.29) is 35.5 Å². The SMILES string of the molecule is C[C@H](CC[C@@H](O[C@@H]1OC(CO[C@@H]2OC(CO)[C@@H](O)[C@H](O)C2O)[C@@H](O)[C@H](O)C1O[C@@H]1OC(CO)[C@@H](O[C@@H]2OC(CO)[C@@H](O)[C@H](O)C2O)[C@H](O)C1O)C(C)(C)O)[C@H]1CC[C@@]2(C)C3CC=C4[C@@H](CC[C@H](O[C@@H]5OC(CO[C@@H]6OC(CO)[C@@H](O)[C@H](O)C6O)[C@@H](O)[C@H](O)C5O)C4(C)C)[C@]3(C)[C@H](O)C[C@]12C. The highest BCUT2D eigenvalue weighted by molar-refractivity contribution is 5.32. The predicted molar refractivity (Wildman–Crippen MR) is 333 cm³/mol. The van der Waals surface area contributed by atoms with Gasteiger partial charge in [0.05, 0.1) is 63.6 Å². The van der Waals surface area contributed by atoms with Crippen LogP contribution < -0.4 is 0 Å². The van der Waals surface area contributed by atoms with Crippen molar-refractivity contribution < 1.29 is 169 Å². The number of allylic oxidation sites excluding steroid dienone is 1. The van der Waals surface area contributed by atoms with E-state index >= 15 is 0 Å². The van der Waals surface area contributed by atoms with Gasteiger partial charge in [-0.05, 0) is 99.7 Å². The molecule has 0 aromatic carbocycles. The van der Waals surface area contributed by atoms with Crippen molar-refractivity contribution in [2.75, 3.05) is 39.6 Å². The predicted octanol–water partition coefficient (Wildman–Crippen LogP) is -7.58. The minimum atomic E-state index is -2.14. The molecule has 0 amide bonds. The topological polar surface area (TPSA) is 556 Å². The van der Waals surface area contributed by atoms with Crippen LogP contribution in [-0.4, -0.2) is 360 Å². The molecule has 6 aliphatic heterocycles. The molecule has 0 bridgehead atoms. The molecular weight excluding hydrogens is 1340 g/mol. The summed E-state index contributed by atoms with van der Waals surface area (Å²) in [5.74, 6) is -0.201. The second kappa shape index (κ2) is 31.5. The summed E-state index contributed by atoms with van der Waals surface area (Å²) in [4.78, 5) is 0. The van der Waals surface area contributed by atoms with E-state index < -0.39 is 264 Å². The lowest BCUT2D eigenvalue weighted by Gasteiger charge is -2.67. The highest BCUT2D eigenvalue weighted by Crippen LogP contribution is 2.75. The molecule has 10 aliphatic rings. The Hall–Kier alpha value is -1.62. The third-order valence-corrected chi connectivity index (χ3v) is 25.0. The van der Waals surface area contributed by atoms with Crippen molar-refractivity contribution in [1.82, 2.24) is 0 Å². The lowest BCUT2D eigenvalue weighted by Crippen LogP contribution is -2.67. The molecule has 10 rings (SSSR count). The van der Waals surface area contributed by atoms with E-state index in [0.717, 1.165) is 18.4 Å². The number of aliphatic hydroxyl groups excluding tert-OH is 21. The first-order chi connectivity index (χ1) is 46.9. The third-order valence-electron chi connectivity index (χ3n) is 25.0. The van der Waals surface area contributed by atoms with Gasteiger partial charge in [-0.3, -0.25) is 0 Å². The van der Waals surface area contributed by atoms with Crippen molar-refractivity contribution in [3.05, 3.63) is 11.6 Å². The molecule has 0 radical (unpaired) electrons. The molecule has 6 heterocycles. The van der Waals surface area contributed by atoms with E-state index in [1.807, 2.05) is 13.8 Å². The minimum absolute atomic E-state index is 0.00824. The zero-order valence-corrected chi connectivity index (χ0v) is 57.6. The molecule has 34 nitrogen and oxygen atoms in total. The molecule has 100 heavy (non-hydrogen) atoms. The maximum absolute atomic E-state index is 12.9. The van der Waals surface area contributed by atoms with Gasteiger partial charge in [-0.1, -0.05) is 53.2 Å². The molecule has 0 aromatic heterocycles. The van der Waals surface area contributed by atoms with Crippen molar-refractivity contribution in [2.24, 2.45) is 45.3 Å². The Kier molecular flexibility index (Phi) is 25.5. The first-order valence-corrected chi connectivity index (χ1v) is 35.1. The fourth-order valence-electron chi connectivity index (χ4n) is 18.5.